The van der Waals surface area contributed by atoms with Crippen LogP contribution in [0.5, 0.6) is 0 Å². The average molecular weight is 204 g/mol. The summed E-state index contributed by atoms with van der Waals surface area (Å²) in [7, 11) is -2.93. The summed E-state index contributed by atoms with van der Waals surface area (Å²) in [5, 5.41) is 3.73. The van der Waals surface area contributed by atoms with Crippen molar-refractivity contribution in [3.63, 3.8) is 0 Å². The Labute approximate surface area is 77.1 Å². The molecule has 0 radical (unpaired) electrons. The van der Waals surface area contributed by atoms with E-state index >= 15 is 0 Å². The molecule has 0 bridgehead atoms. The van der Waals surface area contributed by atoms with Crippen LogP contribution in [-0.2, 0) is 14.6 Å². The van der Waals surface area contributed by atoms with Crippen LogP contribution in [0.25, 0.3) is 0 Å². The largest absolute Gasteiger partial charge is 0.273 e. The Morgan fingerprint density at radius 2 is 2.31 bits per heavy atom. The first kappa shape index (κ1) is 10.2. The Hall–Kier alpha value is -0.910. The Morgan fingerprint density at radius 3 is 2.77 bits per heavy atom. The van der Waals surface area contributed by atoms with Gasteiger partial charge in [0.15, 0.2) is 9.84 Å². The van der Waals surface area contributed by atoms with Crippen LogP contribution >= 0.6 is 0 Å². The minimum absolute atomic E-state index is 0.0169. The molecule has 0 aromatic carbocycles. The zero-order chi connectivity index (χ0) is 9.90. The minimum atomic E-state index is -2.93. The summed E-state index contributed by atoms with van der Waals surface area (Å²) < 4.78 is 21.9. The number of carbonyl (C=O) groups is 1. The molecule has 0 spiro atoms. The summed E-state index contributed by atoms with van der Waals surface area (Å²) in [5.74, 6) is -0.0676. The van der Waals surface area contributed by atoms with Crippen molar-refractivity contribution < 1.29 is 13.2 Å². The molecule has 74 valence electrons. The third-order valence-electron chi connectivity index (χ3n) is 1.75. The fraction of sp³-hybridized carbons (Fsp3) is 0.714. The van der Waals surface area contributed by atoms with Crippen LogP contribution in [0.1, 0.15) is 19.8 Å². The van der Waals surface area contributed by atoms with E-state index in [1.54, 1.807) is 6.92 Å². The number of nitrogens with zero attached hydrogens (tertiary/aromatic N) is 1. The first-order chi connectivity index (χ1) is 6.03. The number of carbonyl (C=O) groups excluding carboxylic acids is 1. The molecule has 6 heteroatoms. The molecule has 0 aliphatic carbocycles. The van der Waals surface area contributed by atoms with Crippen LogP contribution < -0.4 is 5.43 Å². The molecule has 0 aromatic rings. The lowest BCUT2D eigenvalue weighted by molar-refractivity contribution is -0.120. The van der Waals surface area contributed by atoms with E-state index in [-0.39, 0.29) is 17.4 Å². The normalized spacial score (nSPS) is 23.3. The average Bonchev–Trinajstić information content (AvgIpc) is 2.41. The van der Waals surface area contributed by atoms with E-state index in [9.17, 15) is 13.2 Å². The molecule has 1 aliphatic rings. The SMILES string of the molecule is CCC(=O)N/N=C1\CCS(=O)(=O)C1. The van der Waals surface area contributed by atoms with Gasteiger partial charge in [0.1, 0.15) is 0 Å². The van der Waals surface area contributed by atoms with Gasteiger partial charge in [-0.25, -0.2) is 13.8 Å². The summed E-state index contributed by atoms with van der Waals surface area (Å²) in [4.78, 5) is 10.8. The van der Waals surface area contributed by atoms with Crippen LogP contribution in [-0.4, -0.2) is 31.5 Å². The molecule has 0 saturated carbocycles. The van der Waals surface area contributed by atoms with Gasteiger partial charge in [-0.2, -0.15) is 5.10 Å². The summed E-state index contributed by atoms with van der Waals surface area (Å²) in [6.45, 7) is 1.71. The highest BCUT2D eigenvalue weighted by Gasteiger charge is 2.23. The van der Waals surface area contributed by atoms with E-state index in [1.165, 1.54) is 0 Å². The van der Waals surface area contributed by atoms with E-state index in [0.29, 0.717) is 18.6 Å². The van der Waals surface area contributed by atoms with Crippen LogP contribution in [0.4, 0.5) is 0 Å². The number of rotatable bonds is 2. The van der Waals surface area contributed by atoms with Gasteiger partial charge < -0.3 is 0 Å². The van der Waals surface area contributed by atoms with E-state index in [0.717, 1.165) is 0 Å². The number of sulfone groups is 1. The maximum atomic E-state index is 11.0. The third-order valence-corrected chi connectivity index (χ3v) is 3.35. The summed E-state index contributed by atoms with van der Waals surface area (Å²) >= 11 is 0. The van der Waals surface area contributed by atoms with E-state index in [4.69, 9.17) is 0 Å². The monoisotopic (exact) mass is 204 g/mol. The maximum Gasteiger partial charge on any atom is 0.239 e. The van der Waals surface area contributed by atoms with Crippen molar-refractivity contribution in [1.82, 2.24) is 5.43 Å². The molecule has 0 aromatic heterocycles. The van der Waals surface area contributed by atoms with Gasteiger partial charge in [0.25, 0.3) is 0 Å². The predicted molar refractivity (Wildman–Crippen MR) is 49.1 cm³/mol. The molecule has 1 fully saturated rings. The number of hydrazone groups is 1. The quantitative estimate of drug-likeness (QED) is 0.627. The Balaban J connectivity index is 2.51. The van der Waals surface area contributed by atoms with Crippen molar-refractivity contribution in [3.05, 3.63) is 0 Å². The number of amides is 1. The van der Waals surface area contributed by atoms with Crippen molar-refractivity contribution in [2.75, 3.05) is 11.5 Å². The highest BCUT2D eigenvalue weighted by Crippen LogP contribution is 2.07. The molecule has 1 saturated heterocycles. The van der Waals surface area contributed by atoms with E-state index in [1.807, 2.05) is 0 Å². The minimum Gasteiger partial charge on any atom is -0.273 e. The molecule has 0 unspecified atom stereocenters. The second kappa shape index (κ2) is 3.87. The fourth-order valence-corrected chi connectivity index (χ4v) is 2.39. The highest BCUT2D eigenvalue weighted by atomic mass is 32.2. The lowest BCUT2D eigenvalue weighted by Gasteiger charge is -1.95. The Bertz CT molecular complexity index is 332. The van der Waals surface area contributed by atoms with Gasteiger partial charge in [0.05, 0.1) is 17.2 Å². The lowest BCUT2D eigenvalue weighted by Crippen LogP contribution is -2.18. The van der Waals surface area contributed by atoms with Gasteiger partial charge in [-0.15, -0.1) is 0 Å². The van der Waals surface area contributed by atoms with Crippen LogP contribution in [0.3, 0.4) is 0 Å². The number of nitrogens with one attached hydrogen (secondary N) is 1. The van der Waals surface area contributed by atoms with Crippen LogP contribution in [0.2, 0.25) is 0 Å². The van der Waals surface area contributed by atoms with Crippen molar-refractivity contribution >= 4 is 21.5 Å². The molecular weight excluding hydrogens is 192 g/mol. The van der Waals surface area contributed by atoms with E-state index in [2.05, 4.69) is 10.5 Å². The van der Waals surface area contributed by atoms with Gasteiger partial charge in [0, 0.05) is 12.8 Å². The van der Waals surface area contributed by atoms with Gasteiger partial charge >= 0.3 is 0 Å². The van der Waals surface area contributed by atoms with Crippen LogP contribution in [0, 0.1) is 0 Å². The molecular formula is C7H12N2O3S. The number of hydrogen-bond acceptors (Lipinski definition) is 4. The zero-order valence-corrected chi connectivity index (χ0v) is 8.23. The smallest absolute Gasteiger partial charge is 0.239 e. The summed E-state index contributed by atoms with van der Waals surface area (Å²) in [6.07, 6.45) is 0.788. The maximum absolute atomic E-state index is 11.0. The molecule has 1 rings (SSSR count). The standard InChI is InChI=1S/C7H12N2O3S/c1-2-7(10)9-8-6-3-4-13(11,12)5-6/h2-5H2,1H3,(H,9,10)/b8-6+. The van der Waals surface area contributed by atoms with Crippen LogP contribution in [0.15, 0.2) is 5.10 Å². The molecule has 13 heavy (non-hydrogen) atoms. The second-order valence-corrected chi connectivity index (χ2v) is 5.09. The van der Waals surface area contributed by atoms with Crippen molar-refractivity contribution in [3.8, 4) is 0 Å². The topological polar surface area (TPSA) is 75.6 Å². The second-order valence-electron chi connectivity index (χ2n) is 2.91. The summed E-state index contributed by atoms with van der Waals surface area (Å²) in [5.41, 5.74) is 2.84. The first-order valence-electron chi connectivity index (χ1n) is 4.08. The first-order valence-corrected chi connectivity index (χ1v) is 5.90. The summed E-state index contributed by atoms with van der Waals surface area (Å²) in [6, 6.07) is 0. The zero-order valence-electron chi connectivity index (χ0n) is 7.41. The van der Waals surface area contributed by atoms with Crippen molar-refractivity contribution in [1.29, 1.82) is 0 Å². The number of hydrogen-bond donors (Lipinski definition) is 1. The predicted octanol–water partition coefficient (Wildman–Crippen LogP) is -0.313. The molecule has 0 atom stereocenters. The third kappa shape index (κ3) is 3.14. The van der Waals surface area contributed by atoms with Crippen molar-refractivity contribution in [2.24, 2.45) is 5.10 Å². The lowest BCUT2D eigenvalue weighted by atomic mass is 10.3. The van der Waals surface area contributed by atoms with Gasteiger partial charge in [-0.3, -0.25) is 4.79 Å². The van der Waals surface area contributed by atoms with Gasteiger partial charge in [-0.1, -0.05) is 6.92 Å². The van der Waals surface area contributed by atoms with Crippen molar-refractivity contribution in [2.45, 2.75) is 19.8 Å². The molecule has 5 nitrogen and oxygen atoms in total. The van der Waals surface area contributed by atoms with Gasteiger partial charge in [-0.05, 0) is 0 Å². The molecule has 1 aliphatic heterocycles. The highest BCUT2D eigenvalue weighted by molar-refractivity contribution is 7.92. The molecule has 1 heterocycles. The van der Waals surface area contributed by atoms with Gasteiger partial charge in [0.2, 0.25) is 5.91 Å². The molecule has 1 amide bonds. The Kier molecular flexibility index (Phi) is 3.02. The van der Waals surface area contributed by atoms with E-state index < -0.39 is 9.84 Å². The Morgan fingerprint density at radius 1 is 1.62 bits per heavy atom. The molecule has 1 N–H and O–H groups in total. The fourth-order valence-electron chi connectivity index (χ4n) is 0.980.